The maximum Gasteiger partial charge on any atom is 0.278 e. The van der Waals surface area contributed by atoms with Crippen LogP contribution in [-0.4, -0.2) is 23.6 Å². The normalized spacial score (nSPS) is 22.4. The molecule has 0 N–H and O–H groups in total. The lowest BCUT2D eigenvalue weighted by molar-refractivity contribution is -0.126. The van der Waals surface area contributed by atoms with Crippen molar-refractivity contribution >= 4 is 34.8 Å². The van der Waals surface area contributed by atoms with Gasteiger partial charge < -0.3 is 4.84 Å². The number of oxime groups is 1. The average Bonchev–Trinajstić information content (AvgIpc) is 3.11. The predicted octanol–water partition coefficient (Wildman–Crippen LogP) is 2.77. The van der Waals surface area contributed by atoms with Crippen LogP contribution in [0, 0.1) is 11.7 Å². The van der Waals surface area contributed by atoms with E-state index in [1.54, 1.807) is 24.3 Å². The van der Waals surface area contributed by atoms with E-state index in [0.29, 0.717) is 22.0 Å². The fourth-order valence-corrected chi connectivity index (χ4v) is 3.01. The van der Waals surface area contributed by atoms with Gasteiger partial charge in [-0.25, -0.2) is 9.29 Å². The summed E-state index contributed by atoms with van der Waals surface area (Å²) in [6, 6.07) is 11.9. The number of hydrogen-bond acceptors (Lipinski definition) is 4. The van der Waals surface area contributed by atoms with Gasteiger partial charge in [0.25, 0.3) is 5.91 Å². The number of halogens is 2. The van der Waals surface area contributed by atoms with Gasteiger partial charge in [0.2, 0.25) is 12.0 Å². The molecule has 2 aliphatic rings. The summed E-state index contributed by atoms with van der Waals surface area (Å²) in [7, 11) is 0. The van der Waals surface area contributed by atoms with Crippen LogP contribution in [0.15, 0.2) is 53.7 Å². The summed E-state index contributed by atoms with van der Waals surface area (Å²) in [4.78, 5) is 31.6. The SMILES string of the molecule is O=C1C2ON=C(c3ccc(F)cc3)C2C(=O)N1c1ccc(Cl)cc1. The summed E-state index contributed by atoms with van der Waals surface area (Å²) >= 11 is 5.84. The van der Waals surface area contributed by atoms with E-state index in [1.165, 1.54) is 24.3 Å². The lowest BCUT2D eigenvalue weighted by Crippen LogP contribution is -2.33. The Bertz CT molecular complexity index is 864. The van der Waals surface area contributed by atoms with Crippen LogP contribution in [0.4, 0.5) is 10.1 Å². The fourth-order valence-electron chi connectivity index (χ4n) is 2.88. The summed E-state index contributed by atoms with van der Waals surface area (Å²) < 4.78 is 13.1. The number of carbonyl (C=O) groups excluding carboxylic acids is 2. The van der Waals surface area contributed by atoms with Crippen molar-refractivity contribution in [2.24, 2.45) is 11.1 Å². The van der Waals surface area contributed by atoms with E-state index in [-0.39, 0.29) is 0 Å². The fraction of sp³-hybridized carbons (Fsp3) is 0.118. The molecule has 2 heterocycles. The molecule has 2 amide bonds. The van der Waals surface area contributed by atoms with Crippen LogP contribution in [0.1, 0.15) is 5.56 Å². The van der Waals surface area contributed by atoms with Gasteiger partial charge in [0.05, 0.1) is 5.69 Å². The van der Waals surface area contributed by atoms with Crippen molar-refractivity contribution in [3.8, 4) is 0 Å². The second kappa shape index (κ2) is 5.42. The Kier molecular flexibility index (Phi) is 3.35. The quantitative estimate of drug-likeness (QED) is 0.787. The molecule has 2 aromatic carbocycles. The molecule has 5 nitrogen and oxygen atoms in total. The third kappa shape index (κ3) is 2.18. The van der Waals surface area contributed by atoms with Crippen LogP contribution in [0.2, 0.25) is 5.02 Å². The highest BCUT2D eigenvalue weighted by Crippen LogP contribution is 2.35. The van der Waals surface area contributed by atoms with Gasteiger partial charge in [0.1, 0.15) is 17.4 Å². The Morgan fingerprint density at radius 3 is 2.33 bits per heavy atom. The zero-order valence-electron chi connectivity index (χ0n) is 12.1. The van der Waals surface area contributed by atoms with Crippen molar-refractivity contribution in [3.05, 3.63) is 64.9 Å². The van der Waals surface area contributed by atoms with E-state index < -0.39 is 29.7 Å². The lowest BCUT2D eigenvalue weighted by Gasteiger charge is -2.15. The van der Waals surface area contributed by atoms with Crippen LogP contribution in [0.3, 0.4) is 0 Å². The standard InChI is InChI=1S/C17H10ClFN2O3/c18-10-3-7-12(8-4-10)21-16(22)13-14(20-24-15(13)17(21)23)9-1-5-11(19)6-2-9/h1-8,13,15H. The molecule has 0 aliphatic carbocycles. The Labute approximate surface area is 141 Å². The van der Waals surface area contributed by atoms with E-state index in [2.05, 4.69) is 5.16 Å². The summed E-state index contributed by atoms with van der Waals surface area (Å²) in [5.74, 6) is -2.13. The number of rotatable bonds is 2. The van der Waals surface area contributed by atoms with Crippen LogP contribution in [0.25, 0.3) is 0 Å². The number of benzene rings is 2. The first-order valence-corrected chi connectivity index (χ1v) is 7.57. The third-order valence-corrected chi connectivity index (χ3v) is 4.29. The maximum absolute atomic E-state index is 13.1. The molecule has 120 valence electrons. The molecule has 0 spiro atoms. The first kappa shape index (κ1) is 14.8. The third-order valence-electron chi connectivity index (χ3n) is 4.04. The van der Waals surface area contributed by atoms with E-state index in [1.807, 2.05) is 0 Å². The first-order chi connectivity index (χ1) is 11.6. The topological polar surface area (TPSA) is 59.0 Å². The smallest absolute Gasteiger partial charge is 0.278 e. The van der Waals surface area contributed by atoms with Crippen molar-refractivity contribution in [3.63, 3.8) is 0 Å². The zero-order valence-corrected chi connectivity index (χ0v) is 12.9. The minimum atomic E-state index is -0.992. The highest BCUT2D eigenvalue weighted by atomic mass is 35.5. The zero-order chi connectivity index (χ0) is 16.8. The monoisotopic (exact) mass is 344 g/mol. The van der Waals surface area contributed by atoms with E-state index in [0.717, 1.165) is 4.90 Å². The number of imide groups is 1. The average molecular weight is 345 g/mol. The van der Waals surface area contributed by atoms with Gasteiger partial charge in [0, 0.05) is 10.6 Å². The second-order valence-corrected chi connectivity index (χ2v) is 5.91. The molecular formula is C17H10ClFN2O3. The van der Waals surface area contributed by atoms with E-state index in [9.17, 15) is 14.0 Å². The largest absolute Gasteiger partial charge is 0.381 e. The van der Waals surface area contributed by atoms with Crippen molar-refractivity contribution in [1.82, 2.24) is 0 Å². The Morgan fingerprint density at radius 1 is 1.00 bits per heavy atom. The minimum absolute atomic E-state index is 0.329. The van der Waals surface area contributed by atoms with Crippen LogP contribution in [-0.2, 0) is 14.4 Å². The molecular weight excluding hydrogens is 335 g/mol. The molecule has 2 atom stereocenters. The van der Waals surface area contributed by atoms with Crippen LogP contribution in [0.5, 0.6) is 0 Å². The van der Waals surface area contributed by atoms with Crippen molar-refractivity contribution in [2.75, 3.05) is 4.90 Å². The molecule has 0 aromatic heterocycles. The Balaban J connectivity index is 1.69. The molecule has 2 aliphatic heterocycles. The Hall–Kier alpha value is -2.73. The van der Waals surface area contributed by atoms with Gasteiger partial charge in [-0.05, 0) is 36.4 Å². The lowest BCUT2D eigenvalue weighted by atomic mass is 9.94. The van der Waals surface area contributed by atoms with Gasteiger partial charge in [-0.3, -0.25) is 9.59 Å². The van der Waals surface area contributed by atoms with Crippen LogP contribution < -0.4 is 4.90 Å². The van der Waals surface area contributed by atoms with Crippen molar-refractivity contribution in [1.29, 1.82) is 0 Å². The number of amides is 2. The molecule has 0 bridgehead atoms. The molecule has 0 radical (unpaired) electrons. The number of anilines is 1. The van der Waals surface area contributed by atoms with E-state index in [4.69, 9.17) is 16.4 Å². The molecule has 1 saturated heterocycles. The van der Waals surface area contributed by atoms with Crippen molar-refractivity contribution < 1.29 is 18.8 Å². The minimum Gasteiger partial charge on any atom is -0.381 e. The second-order valence-electron chi connectivity index (χ2n) is 5.48. The predicted molar refractivity (Wildman–Crippen MR) is 85.2 cm³/mol. The number of hydrogen-bond donors (Lipinski definition) is 0. The summed E-state index contributed by atoms with van der Waals surface area (Å²) in [6.07, 6.45) is -0.992. The van der Waals surface area contributed by atoms with Gasteiger partial charge in [-0.1, -0.05) is 28.9 Å². The van der Waals surface area contributed by atoms with Gasteiger partial charge >= 0.3 is 0 Å². The Morgan fingerprint density at radius 2 is 1.67 bits per heavy atom. The van der Waals surface area contributed by atoms with Gasteiger partial charge in [-0.15, -0.1) is 0 Å². The molecule has 24 heavy (non-hydrogen) atoms. The molecule has 2 aromatic rings. The number of carbonyl (C=O) groups is 2. The highest BCUT2D eigenvalue weighted by molar-refractivity contribution is 6.33. The maximum atomic E-state index is 13.1. The summed E-state index contributed by atoms with van der Waals surface area (Å²) in [5.41, 5.74) is 1.30. The summed E-state index contributed by atoms with van der Waals surface area (Å²) in [5, 5.41) is 4.37. The van der Waals surface area contributed by atoms with Gasteiger partial charge in [-0.2, -0.15) is 0 Å². The first-order valence-electron chi connectivity index (χ1n) is 7.19. The number of nitrogens with zero attached hydrogens (tertiary/aromatic N) is 2. The van der Waals surface area contributed by atoms with E-state index >= 15 is 0 Å². The highest BCUT2D eigenvalue weighted by Gasteiger charge is 2.56. The van der Waals surface area contributed by atoms with Crippen LogP contribution >= 0.6 is 11.6 Å². The summed E-state index contributed by atoms with van der Waals surface area (Å²) in [6.45, 7) is 0. The van der Waals surface area contributed by atoms with Crippen molar-refractivity contribution in [2.45, 2.75) is 6.10 Å². The number of fused-ring (bicyclic) bond motifs is 1. The molecule has 4 rings (SSSR count). The molecule has 1 fully saturated rings. The molecule has 0 saturated carbocycles. The molecule has 2 unspecified atom stereocenters. The molecule has 7 heteroatoms. The van der Waals surface area contributed by atoms with Gasteiger partial charge in [0.15, 0.2) is 0 Å².